The summed E-state index contributed by atoms with van der Waals surface area (Å²) in [4.78, 5) is 26.4. The highest BCUT2D eigenvalue weighted by molar-refractivity contribution is 6.07. The number of benzene rings is 1. The minimum atomic E-state index is -0.303. The summed E-state index contributed by atoms with van der Waals surface area (Å²) >= 11 is 0. The van der Waals surface area contributed by atoms with E-state index in [-0.39, 0.29) is 11.8 Å². The largest absolute Gasteiger partial charge is 0.465 e. The summed E-state index contributed by atoms with van der Waals surface area (Å²) in [6.45, 7) is 1.55. The Morgan fingerprint density at radius 2 is 1.87 bits per heavy atom. The van der Waals surface area contributed by atoms with Crippen molar-refractivity contribution >= 4 is 23.6 Å². The molecule has 1 aliphatic rings. The Bertz CT molecular complexity index is 714. The third-order valence-electron chi connectivity index (χ3n) is 3.75. The maximum absolute atomic E-state index is 12.5. The van der Waals surface area contributed by atoms with Crippen LogP contribution in [0.3, 0.4) is 0 Å². The van der Waals surface area contributed by atoms with Crippen LogP contribution in [0, 0.1) is 0 Å². The number of furan rings is 1. The van der Waals surface area contributed by atoms with Crippen molar-refractivity contribution in [2.24, 2.45) is 0 Å². The minimum absolute atomic E-state index is 0.0339. The van der Waals surface area contributed by atoms with Gasteiger partial charge in [-0.25, -0.2) is 0 Å². The van der Waals surface area contributed by atoms with Gasteiger partial charge in [0.25, 0.3) is 5.91 Å². The fourth-order valence-electron chi connectivity index (χ4n) is 2.59. The average molecular weight is 310 g/mol. The van der Waals surface area contributed by atoms with Gasteiger partial charge in [0.2, 0.25) is 5.91 Å². The topological polar surface area (TPSA) is 62.6 Å². The highest BCUT2D eigenvalue weighted by Gasteiger charge is 2.21. The molecule has 2 heterocycles. The van der Waals surface area contributed by atoms with Gasteiger partial charge >= 0.3 is 0 Å². The van der Waals surface area contributed by atoms with E-state index in [1.54, 1.807) is 48.7 Å². The number of amides is 2. The molecule has 0 atom stereocenters. The Hall–Kier alpha value is -2.82. The molecule has 0 saturated carbocycles. The molecule has 0 unspecified atom stereocenters. The minimum Gasteiger partial charge on any atom is -0.465 e. The molecule has 118 valence electrons. The molecule has 2 aromatic rings. The third-order valence-corrected chi connectivity index (χ3v) is 3.75. The number of nitrogens with one attached hydrogen (secondary N) is 1. The monoisotopic (exact) mass is 310 g/mol. The maximum Gasteiger partial charge on any atom is 0.255 e. The summed E-state index contributed by atoms with van der Waals surface area (Å²) in [5.41, 5.74) is 1.05. The number of nitrogens with zero attached hydrogens (tertiary/aromatic N) is 1. The molecule has 5 nitrogen and oxygen atoms in total. The lowest BCUT2D eigenvalue weighted by atomic mass is 10.1. The van der Waals surface area contributed by atoms with Gasteiger partial charge in [-0.15, -0.1) is 0 Å². The number of anilines is 1. The van der Waals surface area contributed by atoms with Crippen molar-refractivity contribution < 1.29 is 14.0 Å². The van der Waals surface area contributed by atoms with Gasteiger partial charge in [-0.05, 0) is 43.2 Å². The van der Waals surface area contributed by atoms with E-state index in [0.29, 0.717) is 17.0 Å². The van der Waals surface area contributed by atoms with Crippen LogP contribution >= 0.6 is 0 Å². The molecule has 23 heavy (non-hydrogen) atoms. The van der Waals surface area contributed by atoms with E-state index in [9.17, 15) is 9.59 Å². The van der Waals surface area contributed by atoms with Crippen LogP contribution in [-0.2, 0) is 4.79 Å². The van der Waals surface area contributed by atoms with E-state index in [1.807, 2.05) is 4.90 Å². The lowest BCUT2D eigenvalue weighted by Crippen LogP contribution is -2.28. The van der Waals surface area contributed by atoms with Gasteiger partial charge in [0.1, 0.15) is 5.76 Å². The van der Waals surface area contributed by atoms with Crippen LogP contribution < -0.4 is 5.32 Å². The molecule has 0 bridgehead atoms. The molecule has 1 aromatic heterocycles. The van der Waals surface area contributed by atoms with E-state index in [4.69, 9.17) is 4.42 Å². The number of para-hydroxylation sites is 1. The predicted octanol–water partition coefficient (Wildman–Crippen LogP) is 3.17. The number of likely N-dealkylation sites (tertiary alicyclic amines) is 1. The lowest BCUT2D eigenvalue weighted by Gasteiger charge is -2.17. The van der Waals surface area contributed by atoms with Gasteiger partial charge in [-0.1, -0.05) is 12.1 Å². The zero-order valence-corrected chi connectivity index (χ0v) is 12.7. The Balaban J connectivity index is 1.72. The van der Waals surface area contributed by atoms with Crippen LogP contribution in [0.4, 0.5) is 5.69 Å². The summed E-state index contributed by atoms with van der Waals surface area (Å²) in [5, 5.41) is 2.76. The Morgan fingerprint density at radius 3 is 2.61 bits per heavy atom. The first-order chi connectivity index (χ1) is 11.2. The van der Waals surface area contributed by atoms with E-state index in [0.717, 1.165) is 25.9 Å². The first-order valence-corrected chi connectivity index (χ1v) is 7.65. The highest BCUT2D eigenvalue weighted by atomic mass is 16.3. The van der Waals surface area contributed by atoms with Crippen molar-refractivity contribution in [2.75, 3.05) is 18.4 Å². The van der Waals surface area contributed by atoms with E-state index < -0.39 is 0 Å². The molecule has 0 aliphatic carbocycles. The van der Waals surface area contributed by atoms with E-state index >= 15 is 0 Å². The normalized spacial score (nSPS) is 14.3. The van der Waals surface area contributed by atoms with Crippen LogP contribution in [-0.4, -0.2) is 29.8 Å². The van der Waals surface area contributed by atoms with Gasteiger partial charge in [0.15, 0.2) is 0 Å². The van der Waals surface area contributed by atoms with E-state index in [2.05, 4.69) is 5.32 Å². The quantitative estimate of drug-likeness (QED) is 0.882. The number of hydrogen-bond donors (Lipinski definition) is 1. The predicted molar refractivity (Wildman–Crippen MR) is 88.0 cm³/mol. The number of hydrogen-bond acceptors (Lipinski definition) is 3. The highest BCUT2D eigenvalue weighted by Crippen LogP contribution is 2.20. The second-order valence-electron chi connectivity index (χ2n) is 5.38. The fraction of sp³-hybridized carbons (Fsp3) is 0.222. The maximum atomic E-state index is 12.5. The standard InChI is InChI=1S/C18H18N2O3/c21-17(10-9-14-6-5-13-23-14)19-16-8-2-1-7-15(16)18(22)20-11-3-4-12-20/h1-2,5-10,13H,3-4,11-12H2,(H,19,21)/b10-9+. The number of carbonyl (C=O) groups excluding carboxylic acids is 2. The molecule has 1 N–H and O–H groups in total. The van der Waals surface area contributed by atoms with Crippen molar-refractivity contribution in [1.82, 2.24) is 4.90 Å². The molecule has 1 aliphatic heterocycles. The molecule has 0 spiro atoms. The molecule has 1 fully saturated rings. The van der Waals surface area contributed by atoms with Gasteiger partial charge in [-0.3, -0.25) is 9.59 Å². The summed E-state index contributed by atoms with van der Waals surface area (Å²) in [6, 6.07) is 10.6. The number of rotatable bonds is 4. The summed E-state index contributed by atoms with van der Waals surface area (Å²) in [5.74, 6) is 0.262. The van der Waals surface area contributed by atoms with Crippen molar-refractivity contribution in [3.63, 3.8) is 0 Å². The average Bonchev–Trinajstić information content (AvgIpc) is 3.26. The van der Waals surface area contributed by atoms with Gasteiger partial charge in [0, 0.05) is 19.2 Å². The van der Waals surface area contributed by atoms with Crippen molar-refractivity contribution in [1.29, 1.82) is 0 Å². The third kappa shape index (κ3) is 3.69. The first-order valence-electron chi connectivity index (χ1n) is 7.65. The zero-order valence-electron chi connectivity index (χ0n) is 12.7. The second-order valence-corrected chi connectivity index (χ2v) is 5.38. The first kappa shape index (κ1) is 15.1. The molecular formula is C18H18N2O3. The molecule has 5 heteroatoms. The molecule has 0 radical (unpaired) electrons. The van der Waals surface area contributed by atoms with Crippen LogP contribution in [0.5, 0.6) is 0 Å². The Morgan fingerprint density at radius 1 is 1.09 bits per heavy atom. The molecule has 1 saturated heterocycles. The van der Waals surface area contributed by atoms with Crippen molar-refractivity contribution in [3.05, 3.63) is 60.1 Å². The second kappa shape index (κ2) is 6.96. The summed E-state index contributed by atoms with van der Waals surface area (Å²) in [6.07, 6.45) is 6.58. The van der Waals surface area contributed by atoms with E-state index in [1.165, 1.54) is 6.08 Å². The fourth-order valence-corrected chi connectivity index (χ4v) is 2.59. The van der Waals surface area contributed by atoms with Crippen molar-refractivity contribution in [2.45, 2.75) is 12.8 Å². The van der Waals surface area contributed by atoms with Gasteiger partial charge in [-0.2, -0.15) is 0 Å². The van der Waals surface area contributed by atoms with Crippen LogP contribution in [0.1, 0.15) is 29.0 Å². The van der Waals surface area contributed by atoms with Crippen LogP contribution in [0.2, 0.25) is 0 Å². The molecule has 1 aromatic carbocycles. The summed E-state index contributed by atoms with van der Waals surface area (Å²) in [7, 11) is 0. The molecular weight excluding hydrogens is 292 g/mol. The Kier molecular flexibility index (Phi) is 4.57. The van der Waals surface area contributed by atoms with Crippen LogP contribution in [0.25, 0.3) is 6.08 Å². The SMILES string of the molecule is O=C(/C=C/c1ccco1)Nc1ccccc1C(=O)N1CCCC1. The zero-order chi connectivity index (χ0) is 16.1. The van der Waals surface area contributed by atoms with Gasteiger partial charge < -0.3 is 14.6 Å². The van der Waals surface area contributed by atoms with Crippen LogP contribution in [0.15, 0.2) is 53.2 Å². The number of carbonyl (C=O) groups is 2. The van der Waals surface area contributed by atoms with Crippen molar-refractivity contribution in [3.8, 4) is 0 Å². The Labute approximate surface area is 134 Å². The van der Waals surface area contributed by atoms with Gasteiger partial charge in [0.05, 0.1) is 17.5 Å². The lowest BCUT2D eigenvalue weighted by molar-refractivity contribution is -0.111. The molecule has 2 amide bonds. The molecule has 3 rings (SSSR count). The summed E-state index contributed by atoms with van der Waals surface area (Å²) < 4.78 is 5.14. The smallest absolute Gasteiger partial charge is 0.255 e.